The fourth-order valence-electron chi connectivity index (χ4n) is 3.17. The van der Waals surface area contributed by atoms with Gasteiger partial charge in [0.15, 0.2) is 5.78 Å². The van der Waals surface area contributed by atoms with Gasteiger partial charge in [0, 0.05) is 11.5 Å². The molecule has 106 valence electrons. The molecule has 3 nitrogen and oxygen atoms in total. The minimum absolute atomic E-state index is 0.178. The molecule has 0 spiro atoms. The van der Waals surface area contributed by atoms with Crippen molar-refractivity contribution in [3.05, 3.63) is 58.9 Å². The Kier molecular flexibility index (Phi) is 2.99. The van der Waals surface area contributed by atoms with Gasteiger partial charge in [-0.3, -0.25) is 9.48 Å². The van der Waals surface area contributed by atoms with E-state index in [9.17, 15) is 4.79 Å². The maximum absolute atomic E-state index is 11.8. The summed E-state index contributed by atoms with van der Waals surface area (Å²) < 4.78 is 2.04. The number of fused-ring (bicyclic) bond motifs is 1. The molecule has 0 N–H and O–H groups in total. The summed E-state index contributed by atoms with van der Waals surface area (Å²) in [5.74, 6) is 0.769. The first-order valence-electron chi connectivity index (χ1n) is 7.65. The van der Waals surface area contributed by atoms with Crippen LogP contribution in [-0.4, -0.2) is 15.6 Å². The largest absolute Gasteiger partial charge is 0.294 e. The van der Waals surface area contributed by atoms with E-state index in [1.165, 1.54) is 36.1 Å². The maximum atomic E-state index is 11.8. The number of aromatic nitrogens is 2. The SMILES string of the molecule is O=C1C=Cc2c(C3CCC3)nn(Cc3ccccc3)c2C1. The van der Waals surface area contributed by atoms with Gasteiger partial charge < -0.3 is 0 Å². The third-order valence-electron chi connectivity index (χ3n) is 4.57. The molecule has 21 heavy (non-hydrogen) atoms. The third-order valence-corrected chi connectivity index (χ3v) is 4.57. The number of rotatable bonds is 3. The Bertz CT molecular complexity index is 708. The van der Waals surface area contributed by atoms with Crippen molar-refractivity contribution in [1.82, 2.24) is 9.78 Å². The molecule has 2 aromatic rings. The summed E-state index contributed by atoms with van der Waals surface area (Å²) in [4.78, 5) is 11.8. The third kappa shape index (κ3) is 2.23. The van der Waals surface area contributed by atoms with Crippen LogP contribution in [0.5, 0.6) is 0 Å². The summed E-state index contributed by atoms with van der Waals surface area (Å²) in [5.41, 5.74) is 4.73. The summed E-state index contributed by atoms with van der Waals surface area (Å²) >= 11 is 0. The van der Waals surface area contributed by atoms with Crippen LogP contribution in [0.3, 0.4) is 0 Å². The molecule has 0 saturated heterocycles. The molecule has 1 aromatic heterocycles. The van der Waals surface area contributed by atoms with Gasteiger partial charge in [-0.25, -0.2) is 0 Å². The fraction of sp³-hybridized carbons (Fsp3) is 0.333. The van der Waals surface area contributed by atoms with Gasteiger partial charge >= 0.3 is 0 Å². The average molecular weight is 278 g/mol. The van der Waals surface area contributed by atoms with Crippen LogP contribution in [0.15, 0.2) is 36.4 Å². The van der Waals surface area contributed by atoms with Gasteiger partial charge in [0.25, 0.3) is 0 Å². The number of hydrogen-bond acceptors (Lipinski definition) is 2. The molecule has 1 fully saturated rings. The fourth-order valence-corrected chi connectivity index (χ4v) is 3.17. The Morgan fingerprint density at radius 3 is 2.67 bits per heavy atom. The highest BCUT2D eigenvalue weighted by Crippen LogP contribution is 2.39. The van der Waals surface area contributed by atoms with Crippen LogP contribution in [0.25, 0.3) is 6.08 Å². The lowest BCUT2D eigenvalue weighted by atomic mass is 9.80. The molecule has 4 rings (SSSR count). The van der Waals surface area contributed by atoms with E-state index >= 15 is 0 Å². The lowest BCUT2D eigenvalue weighted by Crippen LogP contribution is -2.12. The van der Waals surface area contributed by atoms with Gasteiger partial charge in [-0.05, 0) is 30.6 Å². The highest BCUT2D eigenvalue weighted by Gasteiger charge is 2.29. The number of benzene rings is 1. The van der Waals surface area contributed by atoms with Crippen LogP contribution in [0.4, 0.5) is 0 Å². The number of nitrogens with zero attached hydrogens (tertiary/aromatic N) is 2. The van der Waals surface area contributed by atoms with Crippen LogP contribution < -0.4 is 0 Å². The standard InChI is InChI=1S/C18H18N2O/c21-15-9-10-16-17(11-15)20(12-13-5-2-1-3-6-13)19-18(16)14-7-4-8-14/h1-3,5-6,9-10,14H,4,7-8,11-12H2. The van der Waals surface area contributed by atoms with Crippen LogP contribution in [0, 0.1) is 0 Å². The maximum Gasteiger partial charge on any atom is 0.161 e. The van der Waals surface area contributed by atoms with Crippen molar-refractivity contribution in [2.24, 2.45) is 0 Å². The van der Waals surface area contributed by atoms with E-state index in [4.69, 9.17) is 5.10 Å². The van der Waals surface area contributed by atoms with Crippen LogP contribution in [-0.2, 0) is 17.8 Å². The summed E-state index contributed by atoms with van der Waals surface area (Å²) in [5, 5.41) is 4.86. The van der Waals surface area contributed by atoms with Gasteiger partial charge in [0.1, 0.15) is 0 Å². The predicted molar refractivity (Wildman–Crippen MR) is 82.1 cm³/mol. The van der Waals surface area contributed by atoms with Crippen LogP contribution in [0.2, 0.25) is 0 Å². The van der Waals surface area contributed by atoms with Crippen molar-refractivity contribution >= 4 is 11.9 Å². The molecule has 1 aromatic carbocycles. The first kappa shape index (κ1) is 12.6. The zero-order valence-corrected chi connectivity index (χ0v) is 12.0. The lowest BCUT2D eigenvalue weighted by molar-refractivity contribution is -0.114. The Morgan fingerprint density at radius 1 is 1.14 bits per heavy atom. The quantitative estimate of drug-likeness (QED) is 0.863. The highest BCUT2D eigenvalue weighted by atomic mass is 16.1. The molecule has 3 heteroatoms. The molecular formula is C18H18N2O. The van der Waals surface area contributed by atoms with E-state index in [0.717, 1.165) is 12.2 Å². The second kappa shape index (κ2) is 4.99. The van der Waals surface area contributed by atoms with Crippen molar-refractivity contribution in [2.75, 3.05) is 0 Å². The molecule has 0 bridgehead atoms. The van der Waals surface area contributed by atoms with Gasteiger partial charge in [0.2, 0.25) is 0 Å². The van der Waals surface area contributed by atoms with E-state index in [1.54, 1.807) is 6.08 Å². The second-order valence-corrected chi connectivity index (χ2v) is 5.99. The normalized spacial score (nSPS) is 17.6. The molecule has 2 aliphatic rings. The monoisotopic (exact) mass is 278 g/mol. The number of hydrogen-bond donors (Lipinski definition) is 0. The second-order valence-electron chi connectivity index (χ2n) is 5.99. The highest BCUT2D eigenvalue weighted by molar-refractivity contribution is 5.98. The summed E-state index contributed by atoms with van der Waals surface area (Å²) in [6, 6.07) is 10.3. The number of ketones is 1. The van der Waals surface area contributed by atoms with E-state index in [-0.39, 0.29) is 5.78 Å². The molecule has 0 aliphatic heterocycles. The molecular weight excluding hydrogens is 260 g/mol. The van der Waals surface area contributed by atoms with E-state index in [2.05, 4.69) is 12.1 Å². The first-order valence-corrected chi connectivity index (χ1v) is 7.65. The molecule has 0 unspecified atom stereocenters. The molecule has 1 saturated carbocycles. The van der Waals surface area contributed by atoms with E-state index in [1.807, 2.05) is 29.0 Å². The number of carbonyl (C=O) groups excluding carboxylic acids is 1. The Labute approximate surface area is 124 Å². The molecule has 0 radical (unpaired) electrons. The first-order chi connectivity index (χ1) is 10.3. The Balaban J connectivity index is 1.74. The average Bonchev–Trinajstić information content (AvgIpc) is 2.76. The van der Waals surface area contributed by atoms with Crippen molar-refractivity contribution in [3.8, 4) is 0 Å². The van der Waals surface area contributed by atoms with Gasteiger partial charge in [0.05, 0.1) is 24.4 Å². The van der Waals surface area contributed by atoms with Gasteiger partial charge in [-0.15, -0.1) is 0 Å². The summed E-state index contributed by atoms with van der Waals surface area (Å²) in [6.45, 7) is 0.747. The topological polar surface area (TPSA) is 34.9 Å². The smallest absolute Gasteiger partial charge is 0.161 e. The predicted octanol–water partition coefficient (Wildman–Crippen LogP) is 3.34. The zero-order chi connectivity index (χ0) is 14.2. The van der Waals surface area contributed by atoms with Gasteiger partial charge in [-0.2, -0.15) is 5.10 Å². The minimum atomic E-state index is 0.178. The molecule has 1 heterocycles. The molecule has 0 amide bonds. The Hall–Kier alpha value is -2.16. The van der Waals surface area contributed by atoms with E-state index in [0.29, 0.717) is 12.3 Å². The minimum Gasteiger partial charge on any atom is -0.294 e. The molecule has 2 aliphatic carbocycles. The van der Waals surface area contributed by atoms with Crippen LogP contribution >= 0.6 is 0 Å². The molecule has 0 atom stereocenters. The van der Waals surface area contributed by atoms with Crippen molar-refractivity contribution < 1.29 is 4.79 Å². The van der Waals surface area contributed by atoms with Crippen LogP contribution in [0.1, 0.15) is 47.7 Å². The lowest BCUT2D eigenvalue weighted by Gasteiger charge is -2.24. The van der Waals surface area contributed by atoms with Gasteiger partial charge in [-0.1, -0.05) is 36.8 Å². The van der Waals surface area contributed by atoms with Crippen molar-refractivity contribution in [2.45, 2.75) is 38.1 Å². The van der Waals surface area contributed by atoms with Crippen molar-refractivity contribution in [1.29, 1.82) is 0 Å². The summed E-state index contributed by atoms with van der Waals surface area (Å²) in [6.07, 6.45) is 7.93. The van der Waals surface area contributed by atoms with Crippen molar-refractivity contribution in [3.63, 3.8) is 0 Å². The number of allylic oxidation sites excluding steroid dienone is 1. The van der Waals surface area contributed by atoms with E-state index < -0.39 is 0 Å². The zero-order valence-electron chi connectivity index (χ0n) is 12.0. The number of carbonyl (C=O) groups is 1. The Morgan fingerprint density at radius 2 is 1.95 bits per heavy atom. The summed E-state index contributed by atoms with van der Waals surface area (Å²) in [7, 11) is 0.